The summed E-state index contributed by atoms with van der Waals surface area (Å²) in [5.74, 6) is 0. The third-order valence-electron chi connectivity index (χ3n) is 0.447. The average molecular weight is 289 g/mol. The van der Waals surface area contributed by atoms with Crippen LogP contribution in [0.3, 0.4) is 0 Å². The van der Waals surface area contributed by atoms with E-state index in [0.29, 0.717) is 0 Å². The van der Waals surface area contributed by atoms with E-state index in [1.165, 1.54) is 0 Å². The maximum Gasteiger partial charge on any atom is 2.00 e. The van der Waals surface area contributed by atoms with Gasteiger partial charge in [-0.1, -0.05) is 0 Å². The summed E-state index contributed by atoms with van der Waals surface area (Å²) >= 11 is 0. The molecule has 0 amide bonds. The molecule has 0 aromatic rings. The van der Waals surface area contributed by atoms with Crippen LogP contribution >= 0.6 is 15.6 Å². The molecule has 0 heterocycles. The van der Waals surface area contributed by atoms with Crippen molar-refractivity contribution in [3.05, 3.63) is 0 Å². The quantitative estimate of drug-likeness (QED) is 0.360. The molecule has 0 atom stereocenters. The van der Waals surface area contributed by atoms with Crippen molar-refractivity contribution in [2.45, 2.75) is 0 Å². The first kappa shape index (κ1) is 30.2. The predicted octanol–water partition coefficient (Wildman–Crippen LogP) is -9.07. The Morgan fingerprint density at radius 3 is 0.867 bits per heavy atom. The average Bonchev–Trinajstić information content (AvgIpc) is 1.86. The Hall–Kier alpha value is 1.93. The summed E-state index contributed by atoms with van der Waals surface area (Å²) in [4.78, 5) is 37.0. The Balaban J connectivity index is -0.0000000370. The second kappa shape index (κ2) is 14.0. The van der Waals surface area contributed by atoms with Crippen LogP contribution in [0.25, 0.3) is 0 Å². The molecule has 0 aliphatic heterocycles. The zero-order chi connectivity index (χ0) is 10.4. The van der Waals surface area contributed by atoms with Crippen LogP contribution in [0.4, 0.5) is 0 Å². The summed E-state index contributed by atoms with van der Waals surface area (Å²) in [5, 5.41) is 0. The van der Waals surface area contributed by atoms with Crippen LogP contribution in [0, 0.1) is 0 Å². The molecule has 81 valence electrons. The maximum atomic E-state index is 9.25. The van der Waals surface area contributed by atoms with Crippen LogP contribution in [0.5, 0.6) is 0 Å². The first-order chi connectivity index (χ1) is 5.12. The number of hydrogen-bond acceptors (Lipinski definition) is 8. The molecular formula is C2H6Li2MnO8P2. The molecule has 0 saturated heterocycles. The van der Waals surface area contributed by atoms with E-state index in [1.807, 2.05) is 0 Å². The van der Waals surface area contributed by atoms with E-state index >= 15 is 0 Å². The van der Waals surface area contributed by atoms with Gasteiger partial charge in [-0.05, 0) is 0 Å². The van der Waals surface area contributed by atoms with Crippen LogP contribution < -0.4 is 57.3 Å². The largest absolute Gasteiger partial charge is 2.00 e. The fourth-order valence-electron chi connectivity index (χ4n) is 0. The molecule has 8 nitrogen and oxygen atoms in total. The second-order valence-corrected chi connectivity index (χ2v) is 3.78. The molecule has 0 N–H and O–H groups in total. The van der Waals surface area contributed by atoms with Gasteiger partial charge in [0.25, 0.3) is 0 Å². The van der Waals surface area contributed by atoms with Crippen LogP contribution in [-0.2, 0) is 35.2 Å². The molecule has 0 aliphatic carbocycles. The van der Waals surface area contributed by atoms with E-state index in [1.54, 1.807) is 0 Å². The fourth-order valence-corrected chi connectivity index (χ4v) is 0. The number of rotatable bonds is 2. The molecular weight excluding hydrogens is 283 g/mol. The minimum Gasteiger partial charge on any atom is -0.790 e. The van der Waals surface area contributed by atoms with Crippen LogP contribution in [0.15, 0.2) is 0 Å². The third kappa shape index (κ3) is 49.1. The summed E-state index contributed by atoms with van der Waals surface area (Å²) in [6.07, 6.45) is 0. The molecule has 0 saturated carbocycles. The molecule has 15 heavy (non-hydrogen) atoms. The van der Waals surface area contributed by atoms with E-state index in [-0.39, 0.29) is 54.8 Å². The zero-order valence-electron chi connectivity index (χ0n) is 8.54. The summed E-state index contributed by atoms with van der Waals surface area (Å²) in [6, 6.07) is 0. The van der Waals surface area contributed by atoms with Crippen molar-refractivity contribution in [3.8, 4) is 0 Å². The van der Waals surface area contributed by atoms with Crippen molar-refractivity contribution in [2.24, 2.45) is 0 Å². The van der Waals surface area contributed by atoms with Crippen molar-refractivity contribution >= 4 is 15.6 Å². The molecule has 0 spiro atoms. The smallest absolute Gasteiger partial charge is 0.790 e. The van der Waals surface area contributed by atoms with Crippen LogP contribution in [0.2, 0.25) is 0 Å². The summed E-state index contributed by atoms with van der Waals surface area (Å²) in [5.41, 5.74) is 0. The first-order valence-corrected chi connectivity index (χ1v) is 5.20. The van der Waals surface area contributed by atoms with E-state index in [2.05, 4.69) is 9.05 Å². The molecule has 0 unspecified atom stereocenters. The maximum absolute atomic E-state index is 9.25. The molecule has 0 aromatic heterocycles. The Bertz CT molecular complexity index is 179. The van der Waals surface area contributed by atoms with Crippen LogP contribution in [0.1, 0.15) is 0 Å². The van der Waals surface area contributed by atoms with E-state index < -0.39 is 15.6 Å². The monoisotopic (exact) mass is 289 g/mol. The number of phosphoric ester groups is 2. The molecule has 0 rings (SSSR count). The van der Waals surface area contributed by atoms with E-state index in [0.717, 1.165) is 14.2 Å². The topological polar surface area (TPSA) is 145 Å². The van der Waals surface area contributed by atoms with Gasteiger partial charge in [-0.25, -0.2) is 0 Å². The van der Waals surface area contributed by atoms with Crippen LogP contribution in [-0.4, -0.2) is 14.2 Å². The first-order valence-electron chi connectivity index (χ1n) is 2.28. The fraction of sp³-hybridized carbons (Fsp3) is 1.00. The van der Waals surface area contributed by atoms with Gasteiger partial charge >= 0.3 is 54.8 Å². The Kier molecular flexibility index (Phi) is 28.2. The summed E-state index contributed by atoms with van der Waals surface area (Å²) in [6.45, 7) is 0. The molecule has 0 aromatic carbocycles. The van der Waals surface area contributed by atoms with E-state index in [4.69, 9.17) is 0 Å². The summed E-state index contributed by atoms with van der Waals surface area (Å²) in [7, 11) is -7.65. The minimum absolute atomic E-state index is 0. The van der Waals surface area contributed by atoms with Gasteiger partial charge < -0.3 is 37.8 Å². The molecule has 0 aliphatic rings. The van der Waals surface area contributed by atoms with E-state index in [9.17, 15) is 28.7 Å². The zero-order valence-corrected chi connectivity index (χ0v) is 11.5. The Morgan fingerprint density at radius 2 is 0.867 bits per heavy atom. The van der Waals surface area contributed by atoms with Gasteiger partial charge in [-0.3, -0.25) is 0 Å². The van der Waals surface area contributed by atoms with Gasteiger partial charge in [-0.2, -0.15) is 0 Å². The van der Waals surface area contributed by atoms with Gasteiger partial charge in [-0.15, -0.1) is 0 Å². The van der Waals surface area contributed by atoms with Gasteiger partial charge in [0.1, 0.15) is 0 Å². The van der Waals surface area contributed by atoms with Crippen molar-refractivity contribution in [2.75, 3.05) is 14.2 Å². The van der Waals surface area contributed by atoms with Gasteiger partial charge in [0, 0.05) is 14.2 Å². The van der Waals surface area contributed by atoms with Crippen molar-refractivity contribution < 1.29 is 92.5 Å². The number of phosphoric acid groups is 2. The van der Waals surface area contributed by atoms with Crippen molar-refractivity contribution in [1.29, 1.82) is 0 Å². The molecule has 0 bridgehead atoms. The SMILES string of the molecule is COP(=O)([O-])[O-].COP(=O)([O-])[O-].[Li+].[Li+].[Mn+2]. The van der Waals surface area contributed by atoms with Crippen molar-refractivity contribution in [1.82, 2.24) is 0 Å². The molecule has 1 radical (unpaired) electrons. The van der Waals surface area contributed by atoms with Gasteiger partial charge in [0.2, 0.25) is 0 Å². The summed E-state index contributed by atoms with van der Waals surface area (Å²) < 4.78 is 25.3. The Labute approximate surface area is 122 Å². The van der Waals surface area contributed by atoms with Crippen molar-refractivity contribution in [3.63, 3.8) is 0 Å². The Morgan fingerprint density at radius 1 is 0.800 bits per heavy atom. The predicted molar refractivity (Wildman–Crippen MR) is 29.2 cm³/mol. The van der Waals surface area contributed by atoms with Gasteiger partial charge in [0.15, 0.2) is 0 Å². The number of hydrogen-bond donors (Lipinski definition) is 0. The second-order valence-electron chi connectivity index (χ2n) is 1.26. The van der Waals surface area contributed by atoms with Gasteiger partial charge in [0.05, 0.1) is 15.6 Å². The molecule has 13 heteroatoms. The third-order valence-corrected chi connectivity index (χ3v) is 1.34. The normalized spacial score (nSPS) is 9.47. The minimum atomic E-state index is -4.65. The molecule has 0 fully saturated rings. The standard InChI is InChI=1S/2CH5O4P.2Li.Mn/c2*1-5-6(2,3)4;;;/h2*1H3,(H2,2,3,4);;;/q;;2*+1;+2/p-4.